The normalized spacial score (nSPS) is 10.7. The van der Waals surface area contributed by atoms with Gasteiger partial charge in [-0.2, -0.15) is 0 Å². The number of anilines is 1. The van der Waals surface area contributed by atoms with Crippen molar-refractivity contribution in [1.29, 1.82) is 0 Å². The van der Waals surface area contributed by atoms with Gasteiger partial charge < -0.3 is 10.1 Å². The smallest absolute Gasteiger partial charge is 0.237 e. The van der Waals surface area contributed by atoms with Crippen molar-refractivity contribution < 1.29 is 9.13 Å². The summed E-state index contributed by atoms with van der Waals surface area (Å²) >= 11 is 0. The summed E-state index contributed by atoms with van der Waals surface area (Å²) in [6.45, 7) is 6.40. The number of benzene rings is 1. The molecular formula is C16H19FN2O. The lowest BCUT2D eigenvalue weighted by Crippen LogP contribution is -2.10. The van der Waals surface area contributed by atoms with E-state index in [1.807, 2.05) is 32.9 Å². The topological polar surface area (TPSA) is 34.2 Å². The van der Waals surface area contributed by atoms with Gasteiger partial charge in [-0.05, 0) is 56.2 Å². The quantitative estimate of drug-likeness (QED) is 0.897. The highest BCUT2D eigenvalue weighted by molar-refractivity contribution is 5.52. The lowest BCUT2D eigenvalue weighted by Gasteiger charge is -2.15. The lowest BCUT2D eigenvalue weighted by molar-refractivity contribution is 0.234. The van der Waals surface area contributed by atoms with E-state index in [1.165, 1.54) is 6.07 Å². The van der Waals surface area contributed by atoms with Crippen molar-refractivity contribution in [3.8, 4) is 5.88 Å². The Morgan fingerprint density at radius 1 is 1.30 bits per heavy atom. The molecule has 0 spiro atoms. The molecule has 4 heteroatoms. The predicted molar refractivity (Wildman–Crippen MR) is 78.5 cm³/mol. The first-order valence-corrected chi connectivity index (χ1v) is 6.67. The number of aromatic nitrogens is 1. The number of hydrogen-bond acceptors (Lipinski definition) is 3. The van der Waals surface area contributed by atoms with Crippen LogP contribution in [-0.2, 0) is 6.54 Å². The molecule has 3 nitrogen and oxygen atoms in total. The molecule has 0 aliphatic carbocycles. The van der Waals surface area contributed by atoms with Gasteiger partial charge in [0.05, 0.1) is 11.8 Å². The maximum Gasteiger partial charge on any atom is 0.237 e. The summed E-state index contributed by atoms with van der Waals surface area (Å²) in [6.07, 6.45) is 1.75. The minimum atomic E-state index is -0.225. The summed E-state index contributed by atoms with van der Waals surface area (Å²) in [4.78, 5) is 4.21. The Labute approximate surface area is 118 Å². The monoisotopic (exact) mass is 274 g/mol. The van der Waals surface area contributed by atoms with Crippen molar-refractivity contribution in [3.05, 3.63) is 53.5 Å². The van der Waals surface area contributed by atoms with Crippen LogP contribution in [0, 0.1) is 12.7 Å². The second-order valence-electron chi connectivity index (χ2n) is 4.95. The molecule has 0 aliphatic heterocycles. The van der Waals surface area contributed by atoms with E-state index in [0.29, 0.717) is 12.4 Å². The third-order valence-electron chi connectivity index (χ3n) is 2.90. The summed E-state index contributed by atoms with van der Waals surface area (Å²) < 4.78 is 18.9. The highest BCUT2D eigenvalue weighted by Crippen LogP contribution is 2.23. The van der Waals surface area contributed by atoms with Crippen molar-refractivity contribution >= 4 is 5.69 Å². The van der Waals surface area contributed by atoms with Crippen LogP contribution in [0.1, 0.15) is 25.0 Å². The SMILES string of the molecule is Cc1ccc(F)cc1CNc1cccnc1OC(C)C. The highest BCUT2D eigenvalue weighted by Gasteiger charge is 2.07. The molecule has 20 heavy (non-hydrogen) atoms. The Morgan fingerprint density at radius 2 is 2.10 bits per heavy atom. The van der Waals surface area contributed by atoms with Crippen LogP contribution in [0.25, 0.3) is 0 Å². The molecular weight excluding hydrogens is 255 g/mol. The number of ether oxygens (including phenoxy) is 1. The van der Waals surface area contributed by atoms with Gasteiger partial charge in [0.2, 0.25) is 5.88 Å². The molecule has 106 valence electrons. The first-order chi connectivity index (χ1) is 9.56. The average molecular weight is 274 g/mol. The van der Waals surface area contributed by atoms with Crippen LogP contribution in [-0.4, -0.2) is 11.1 Å². The van der Waals surface area contributed by atoms with E-state index < -0.39 is 0 Å². The fraction of sp³-hybridized carbons (Fsp3) is 0.312. The average Bonchev–Trinajstić information content (AvgIpc) is 2.41. The minimum absolute atomic E-state index is 0.0568. The van der Waals surface area contributed by atoms with Crippen molar-refractivity contribution in [2.75, 3.05) is 5.32 Å². The molecule has 0 atom stereocenters. The van der Waals surface area contributed by atoms with Crippen LogP contribution < -0.4 is 10.1 Å². The van der Waals surface area contributed by atoms with Crippen molar-refractivity contribution in [2.45, 2.75) is 33.4 Å². The molecule has 2 aromatic rings. The van der Waals surface area contributed by atoms with E-state index in [2.05, 4.69) is 10.3 Å². The molecule has 0 aliphatic rings. The van der Waals surface area contributed by atoms with Gasteiger partial charge in [0.15, 0.2) is 0 Å². The van der Waals surface area contributed by atoms with Gasteiger partial charge in [-0.1, -0.05) is 6.07 Å². The zero-order chi connectivity index (χ0) is 14.5. The van der Waals surface area contributed by atoms with Gasteiger partial charge in [0, 0.05) is 12.7 Å². The summed E-state index contributed by atoms with van der Waals surface area (Å²) in [7, 11) is 0. The second kappa shape index (κ2) is 6.37. The van der Waals surface area contributed by atoms with Crippen molar-refractivity contribution in [2.24, 2.45) is 0 Å². The molecule has 0 saturated heterocycles. The maximum absolute atomic E-state index is 13.3. The Hall–Kier alpha value is -2.10. The van der Waals surface area contributed by atoms with Gasteiger partial charge >= 0.3 is 0 Å². The number of nitrogens with one attached hydrogen (secondary N) is 1. The van der Waals surface area contributed by atoms with Gasteiger partial charge in [0.25, 0.3) is 0 Å². The van der Waals surface area contributed by atoms with Crippen LogP contribution in [0.15, 0.2) is 36.5 Å². The molecule has 0 amide bonds. The first-order valence-electron chi connectivity index (χ1n) is 6.67. The number of rotatable bonds is 5. The number of pyridine rings is 1. The predicted octanol–water partition coefficient (Wildman–Crippen LogP) is 3.93. The molecule has 0 bridgehead atoms. The number of hydrogen-bond donors (Lipinski definition) is 1. The molecule has 0 unspecified atom stereocenters. The van der Waals surface area contributed by atoms with E-state index >= 15 is 0 Å². The van der Waals surface area contributed by atoms with Crippen LogP contribution >= 0.6 is 0 Å². The largest absolute Gasteiger partial charge is 0.473 e. The zero-order valence-corrected chi connectivity index (χ0v) is 12.0. The van der Waals surface area contributed by atoms with Crippen molar-refractivity contribution in [1.82, 2.24) is 4.98 Å². The summed E-state index contributed by atoms with van der Waals surface area (Å²) in [5.41, 5.74) is 2.78. The number of nitrogens with zero attached hydrogens (tertiary/aromatic N) is 1. The van der Waals surface area contributed by atoms with E-state index in [9.17, 15) is 4.39 Å². The molecule has 0 radical (unpaired) electrons. The molecule has 1 aromatic carbocycles. The molecule has 1 N–H and O–H groups in total. The summed E-state index contributed by atoms with van der Waals surface area (Å²) in [5, 5.41) is 3.25. The van der Waals surface area contributed by atoms with Gasteiger partial charge in [-0.3, -0.25) is 0 Å². The Morgan fingerprint density at radius 3 is 2.85 bits per heavy atom. The maximum atomic E-state index is 13.3. The van der Waals surface area contributed by atoms with Crippen LogP contribution in [0.2, 0.25) is 0 Å². The van der Waals surface area contributed by atoms with Gasteiger partial charge in [0.1, 0.15) is 5.82 Å². The molecule has 1 heterocycles. The Balaban J connectivity index is 2.12. The molecule has 1 aromatic heterocycles. The number of aryl methyl sites for hydroxylation is 1. The summed E-state index contributed by atoms with van der Waals surface area (Å²) in [6, 6.07) is 8.53. The van der Waals surface area contributed by atoms with Crippen LogP contribution in [0.5, 0.6) is 5.88 Å². The molecule has 2 rings (SSSR count). The summed E-state index contributed by atoms with van der Waals surface area (Å²) in [5.74, 6) is 0.341. The standard InChI is InChI=1S/C16H19FN2O/c1-11(2)20-16-15(5-4-8-18-16)19-10-13-9-14(17)7-6-12(13)3/h4-9,11,19H,10H2,1-3H3. The minimum Gasteiger partial charge on any atom is -0.473 e. The highest BCUT2D eigenvalue weighted by atomic mass is 19.1. The first kappa shape index (κ1) is 14.3. The van der Waals surface area contributed by atoms with E-state index in [1.54, 1.807) is 18.3 Å². The Kier molecular flexibility index (Phi) is 4.56. The fourth-order valence-corrected chi connectivity index (χ4v) is 1.86. The zero-order valence-electron chi connectivity index (χ0n) is 12.0. The van der Waals surface area contributed by atoms with Crippen LogP contribution in [0.3, 0.4) is 0 Å². The van der Waals surface area contributed by atoms with E-state index in [0.717, 1.165) is 16.8 Å². The molecule has 0 fully saturated rings. The molecule has 0 saturated carbocycles. The third-order valence-corrected chi connectivity index (χ3v) is 2.90. The Bertz CT molecular complexity index is 584. The fourth-order valence-electron chi connectivity index (χ4n) is 1.86. The van der Waals surface area contributed by atoms with E-state index in [4.69, 9.17) is 4.74 Å². The second-order valence-corrected chi connectivity index (χ2v) is 4.95. The van der Waals surface area contributed by atoms with Crippen molar-refractivity contribution in [3.63, 3.8) is 0 Å². The van der Waals surface area contributed by atoms with Crippen LogP contribution in [0.4, 0.5) is 10.1 Å². The third kappa shape index (κ3) is 3.70. The van der Waals surface area contributed by atoms with E-state index in [-0.39, 0.29) is 11.9 Å². The lowest BCUT2D eigenvalue weighted by atomic mass is 10.1. The van der Waals surface area contributed by atoms with Gasteiger partial charge in [-0.15, -0.1) is 0 Å². The number of halogens is 1. The van der Waals surface area contributed by atoms with Gasteiger partial charge in [-0.25, -0.2) is 9.37 Å².